The van der Waals surface area contributed by atoms with E-state index >= 15 is 0 Å². The van der Waals surface area contributed by atoms with Crippen molar-refractivity contribution < 1.29 is 14.6 Å². The van der Waals surface area contributed by atoms with Crippen LogP contribution in [0.5, 0.6) is 5.75 Å². The van der Waals surface area contributed by atoms with Crippen LogP contribution in [0.2, 0.25) is 0 Å². The average molecular weight is 276 g/mol. The topological polar surface area (TPSA) is 46.5 Å². The molecule has 0 fully saturated rings. The number of aromatic hydroxyl groups is 1. The number of benzene rings is 1. The molecule has 1 N–H and O–H groups in total. The number of rotatable bonds is 8. The highest BCUT2D eigenvalue weighted by Gasteiger charge is 2.06. The van der Waals surface area contributed by atoms with E-state index in [2.05, 4.69) is 6.92 Å². The van der Waals surface area contributed by atoms with Gasteiger partial charge in [0, 0.05) is 6.08 Å². The van der Waals surface area contributed by atoms with Crippen LogP contribution >= 0.6 is 0 Å². The monoisotopic (exact) mass is 276 g/mol. The quantitative estimate of drug-likeness (QED) is 0.437. The molecule has 0 spiro atoms. The normalized spacial score (nSPS) is 12.5. The largest absolute Gasteiger partial charge is 0.508 e. The number of ether oxygens (including phenoxy) is 1. The summed E-state index contributed by atoms with van der Waals surface area (Å²) in [5.74, 6) is -0.105. The maximum absolute atomic E-state index is 11.6. The molecule has 3 heteroatoms. The molecular weight excluding hydrogens is 252 g/mol. The van der Waals surface area contributed by atoms with E-state index in [9.17, 15) is 4.79 Å². The number of esters is 1. The van der Waals surface area contributed by atoms with Crippen LogP contribution in [0.1, 0.15) is 51.5 Å². The summed E-state index contributed by atoms with van der Waals surface area (Å²) in [5.41, 5.74) is 0.857. The molecular formula is C17H24O3. The van der Waals surface area contributed by atoms with E-state index in [0.717, 1.165) is 18.4 Å². The summed E-state index contributed by atoms with van der Waals surface area (Å²) in [5, 5.41) is 9.16. The van der Waals surface area contributed by atoms with E-state index in [4.69, 9.17) is 9.84 Å². The molecule has 0 saturated heterocycles. The van der Waals surface area contributed by atoms with Gasteiger partial charge in [0.15, 0.2) is 0 Å². The van der Waals surface area contributed by atoms with Crippen molar-refractivity contribution in [3.63, 3.8) is 0 Å². The molecule has 20 heavy (non-hydrogen) atoms. The van der Waals surface area contributed by atoms with E-state index in [-0.39, 0.29) is 17.8 Å². The smallest absolute Gasteiger partial charge is 0.331 e. The van der Waals surface area contributed by atoms with Crippen molar-refractivity contribution in [3.05, 3.63) is 35.9 Å². The predicted octanol–water partition coefficient (Wildman–Crippen LogP) is 4.31. The summed E-state index contributed by atoms with van der Waals surface area (Å²) in [4.78, 5) is 11.6. The summed E-state index contributed by atoms with van der Waals surface area (Å²) in [6, 6.07) is 6.66. The number of carbonyl (C=O) groups excluding carboxylic acids is 1. The lowest BCUT2D eigenvalue weighted by Gasteiger charge is -2.11. The molecule has 0 heterocycles. The van der Waals surface area contributed by atoms with Crippen LogP contribution in [0.4, 0.5) is 0 Å². The number of phenolic OH excluding ortho intramolecular Hbond substituents is 1. The van der Waals surface area contributed by atoms with Crippen LogP contribution in [0, 0.1) is 0 Å². The van der Waals surface area contributed by atoms with Crippen LogP contribution in [-0.4, -0.2) is 17.2 Å². The summed E-state index contributed by atoms with van der Waals surface area (Å²) in [7, 11) is 0. The Kier molecular flexibility index (Phi) is 7.48. The summed E-state index contributed by atoms with van der Waals surface area (Å²) in [6.45, 7) is 4.11. The molecule has 1 rings (SSSR count). The zero-order valence-corrected chi connectivity index (χ0v) is 12.3. The van der Waals surface area contributed by atoms with Crippen molar-refractivity contribution in [2.75, 3.05) is 0 Å². The molecule has 0 radical (unpaired) electrons. The molecule has 0 aliphatic rings. The van der Waals surface area contributed by atoms with Gasteiger partial charge in [-0.3, -0.25) is 0 Å². The minimum Gasteiger partial charge on any atom is -0.508 e. The molecule has 0 aromatic heterocycles. The van der Waals surface area contributed by atoms with Crippen LogP contribution in [0.3, 0.4) is 0 Å². The van der Waals surface area contributed by atoms with Crippen molar-refractivity contribution in [2.24, 2.45) is 0 Å². The Morgan fingerprint density at radius 1 is 1.25 bits per heavy atom. The van der Waals surface area contributed by atoms with Crippen LogP contribution in [0.15, 0.2) is 30.3 Å². The molecule has 0 aliphatic carbocycles. The van der Waals surface area contributed by atoms with Crippen molar-refractivity contribution in [3.8, 4) is 5.75 Å². The summed E-state index contributed by atoms with van der Waals surface area (Å²) in [6.07, 6.45) is 8.74. The minimum atomic E-state index is -0.318. The van der Waals surface area contributed by atoms with Gasteiger partial charge in [-0.1, -0.05) is 38.3 Å². The van der Waals surface area contributed by atoms with Gasteiger partial charge in [0.25, 0.3) is 0 Å². The summed E-state index contributed by atoms with van der Waals surface area (Å²) >= 11 is 0. The van der Waals surface area contributed by atoms with E-state index in [1.54, 1.807) is 30.3 Å². The summed E-state index contributed by atoms with van der Waals surface area (Å²) < 4.78 is 5.30. The second-order valence-electron chi connectivity index (χ2n) is 5.02. The highest BCUT2D eigenvalue weighted by Crippen LogP contribution is 2.11. The first-order valence-corrected chi connectivity index (χ1v) is 7.29. The molecule has 0 unspecified atom stereocenters. The van der Waals surface area contributed by atoms with Crippen LogP contribution in [-0.2, 0) is 9.53 Å². The second-order valence-corrected chi connectivity index (χ2v) is 5.02. The van der Waals surface area contributed by atoms with Crippen molar-refractivity contribution >= 4 is 12.0 Å². The van der Waals surface area contributed by atoms with E-state index in [1.165, 1.54) is 25.3 Å². The molecule has 1 aromatic carbocycles. The number of hydrogen-bond acceptors (Lipinski definition) is 3. The second kappa shape index (κ2) is 9.18. The Balaban J connectivity index is 2.30. The Bertz CT molecular complexity index is 420. The standard InChI is InChI=1S/C17H24O3/c1-3-4-5-6-7-14(2)20-17(19)13-10-15-8-11-16(18)12-9-15/h8-14,18H,3-7H2,1-2H3/t14-/m1/s1. The fraction of sp³-hybridized carbons (Fsp3) is 0.471. The molecule has 0 aliphatic heterocycles. The SMILES string of the molecule is CCCCCC[C@@H](C)OC(=O)C=Cc1ccc(O)cc1. The average Bonchev–Trinajstić information content (AvgIpc) is 2.43. The lowest BCUT2D eigenvalue weighted by Crippen LogP contribution is -2.12. The number of hydrogen-bond donors (Lipinski definition) is 1. The van der Waals surface area contributed by atoms with Gasteiger partial charge < -0.3 is 9.84 Å². The third kappa shape index (κ3) is 6.98. The van der Waals surface area contributed by atoms with Gasteiger partial charge >= 0.3 is 5.97 Å². The Morgan fingerprint density at radius 3 is 2.60 bits per heavy atom. The molecule has 0 amide bonds. The molecule has 1 aromatic rings. The first-order chi connectivity index (χ1) is 9.61. The van der Waals surface area contributed by atoms with E-state index in [1.807, 2.05) is 6.92 Å². The minimum absolute atomic E-state index is 0.0381. The maximum atomic E-state index is 11.6. The first-order valence-electron chi connectivity index (χ1n) is 7.29. The van der Waals surface area contributed by atoms with Gasteiger partial charge in [-0.15, -0.1) is 0 Å². The predicted molar refractivity (Wildman–Crippen MR) is 81.5 cm³/mol. The lowest BCUT2D eigenvalue weighted by atomic mass is 10.1. The van der Waals surface area contributed by atoms with Gasteiger partial charge in [0.1, 0.15) is 5.75 Å². The maximum Gasteiger partial charge on any atom is 0.331 e. The van der Waals surface area contributed by atoms with Crippen LogP contribution in [0.25, 0.3) is 6.08 Å². The highest BCUT2D eigenvalue weighted by atomic mass is 16.5. The van der Waals surface area contributed by atoms with E-state index < -0.39 is 0 Å². The third-order valence-electron chi connectivity index (χ3n) is 3.09. The Hall–Kier alpha value is -1.77. The van der Waals surface area contributed by atoms with Gasteiger partial charge in [0.2, 0.25) is 0 Å². The molecule has 0 saturated carbocycles. The zero-order chi connectivity index (χ0) is 14.8. The van der Waals surface area contributed by atoms with Crippen molar-refractivity contribution in [1.82, 2.24) is 0 Å². The lowest BCUT2D eigenvalue weighted by molar-refractivity contribution is -0.142. The first kappa shape index (κ1) is 16.3. The highest BCUT2D eigenvalue weighted by molar-refractivity contribution is 5.87. The molecule has 1 atom stereocenters. The number of unbranched alkanes of at least 4 members (excludes halogenated alkanes) is 3. The fourth-order valence-electron chi connectivity index (χ4n) is 1.90. The van der Waals surface area contributed by atoms with Crippen molar-refractivity contribution in [1.29, 1.82) is 0 Å². The van der Waals surface area contributed by atoms with Gasteiger partial charge in [0.05, 0.1) is 6.10 Å². The molecule has 3 nitrogen and oxygen atoms in total. The Morgan fingerprint density at radius 2 is 1.95 bits per heavy atom. The molecule has 110 valence electrons. The Labute approximate surface area is 121 Å². The number of phenols is 1. The van der Waals surface area contributed by atoms with Gasteiger partial charge in [-0.25, -0.2) is 4.79 Å². The van der Waals surface area contributed by atoms with Crippen molar-refractivity contribution in [2.45, 2.75) is 52.1 Å². The fourth-order valence-corrected chi connectivity index (χ4v) is 1.90. The molecule has 0 bridgehead atoms. The van der Waals surface area contributed by atoms with Crippen LogP contribution < -0.4 is 0 Å². The number of carbonyl (C=O) groups is 1. The third-order valence-corrected chi connectivity index (χ3v) is 3.09. The van der Waals surface area contributed by atoms with Gasteiger partial charge in [-0.05, 0) is 43.5 Å². The van der Waals surface area contributed by atoms with Gasteiger partial charge in [-0.2, -0.15) is 0 Å². The zero-order valence-electron chi connectivity index (χ0n) is 12.3. The van der Waals surface area contributed by atoms with E-state index in [0.29, 0.717) is 0 Å².